The topological polar surface area (TPSA) is 36.9 Å². The average Bonchev–Trinajstić information content (AvgIpc) is 3.53. The van der Waals surface area contributed by atoms with E-state index in [0.717, 1.165) is 11.1 Å². The molecule has 0 saturated carbocycles. The zero-order valence-corrected chi connectivity index (χ0v) is 19.5. The highest BCUT2D eigenvalue weighted by Crippen LogP contribution is 2.29. The first-order valence-electron chi connectivity index (χ1n) is 10.4. The van der Waals surface area contributed by atoms with Crippen molar-refractivity contribution in [2.24, 2.45) is 0 Å². The third-order valence-electron chi connectivity index (χ3n) is 4.06. The van der Waals surface area contributed by atoms with Gasteiger partial charge >= 0.3 is 0 Å². The Hall–Kier alpha value is -1.37. The quantitative estimate of drug-likeness (QED) is 0.527. The first kappa shape index (κ1) is 25.7. The Morgan fingerprint density at radius 2 is 1.24 bits per heavy atom. The Labute approximate surface area is 180 Å². The highest BCUT2D eigenvalue weighted by Gasteiger charge is 2.20. The van der Waals surface area contributed by atoms with Crippen LogP contribution in [0.3, 0.4) is 0 Å². The van der Waals surface area contributed by atoms with Crippen molar-refractivity contribution >= 4 is 11.8 Å². The molecule has 0 atom stereocenters. The van der Waals surface area contributed by atoms with Gasteiger partial charge in [-0.05, 0) is 30.9 Å². The second-order valence-electron chi connectivity index (χ2n) is 5.78. The highest BCUT2D eigenvalue weighted by atomic mass is 32.2. The van der Waals surface area contributed by atoms with Crippen LogP contribution in [-0.4, -0.2) is 32.7 Å². The molecule has 0 radical (unpaired) electrons. The Balaban J connectivity index is 0.000000252. The molecular weight excluding hydrogens is 384 g/mol. The van der Waals surface area contributed by atoms with Gasteiger partial charge in [-0.1, -0.05) is 64.1 Å². The average molecular weight is 421 g/mol. The molecule has 162 valence electrons. The summed E-state index contributed by atoms with van der Waals surface area (Å²) in [5.41, 5.74) is 3.49. The largest absolute Gasteiger partial charge is 0.346 e. The van der Waals surface area contributed by atoms with Gasteiger partial charge in [-0.3, -0.25) is 0 Å². The van der Waals surface area contributed by atoms with Crippen LogP contribution in [0.5, 0.6) is 0 Å². The van der Waals surface area contributed by atoms with Gasteiger partial charge in [-0.25, -0.2) is 0 Å². The van der Waals surface area contributed by atoms with E-state index in [1.165, 1.54) is 10.5 Å². The summed E-state index contributed by atoms with van der Waals surface area (Å²) in [5, 5.41) is 0. The van der Waals surface area contributed by atoms with Crippen LogP contribution < -0.4 is 0 Å². The Kier molecular flexibility index (Phi) is 13.7. The summed E-state index contributed by atoms with van der Waals surface area (Å²) in [6.45, 7) is 12.9. The minimum Gasteiger partial charge on any atom is -0.346 e. The van der Waals surface area contributed by atoms with Crippen LogP contribution in [0, 0.1) is 6.92 Å². The van der Waals surface area contributed by atoms with Gasteiger partial charge in [0.1, 0.15) is 0 Å². The van der Waals surface area contributed by atoms with Crippen LogP contribution in [0.25, 0.3) is 0 Å². The SMILES string of the molecule is CC.CC.CSc1ccc(C)c(C2OCCO2)c1.c1ccc(C2OCCO2)cc1. The Morgan fingerprint density at radius 1 is 0.724 bits per heavy atom. The van der Waals surface area contributed by atoms with E-state index in [4.69, 9.17) is 18.9 Å². The second kappa shape index (κ2) is 15.5. The van der Waals surface area contributed by atoms with Gasteiger partial charge in [0.2, 0.25) is 0 Å². The molecule has 0 amide bonds. The molecule has 5 heteroatoms. The minimum atomic E-state index is -0.151. The van der Waals surface area contributed by atoms with Gasteiger partial charge in [0, 0.05) is 16.0 Å². The molecule has 0 spiro atoms. The maximum atomic E-state index is 5.49. The fourth-order valence-electron chi connectivity index (χ4n) is 2.70. The minimum absolute atomic E-state index is 0.129. The summed E-state index contributed by atoms with van der Waals surface area (Å²) in [6, 6.07) is 16.4. The number of rotatable bonds is 3. The summed E-state index contributed by atoms with van der Waals surface area (Å²) < 4.78 is 21.6. The maximum Gasteiger partial charge on any atom is 0.184 e. The Bertz CT molecular complexity index is 651. The molecule has 2 heterocycles. The van der Waals surface area contributed by atoms with Gasteiger partial charge in [-0.15, -0.1) is 11.8 Å². The number of ether oxygens (including phenoxy) is 4. The van der Waals surface area contributed by atoms with Crippen molar-refractivity contribution in [1.82, 2.24) is 0 Å². The number of hydrogen-bond donors (Lipinski definition) is 0. The van der Waals surface area contributed by atoms with Crippen molar-refractivity contribution in [3.05, 3.63) is 65.2 Å². The summed E-state index contributed by atoms with van der Waals surface area (Å²) in [7, 11) is 0. The molecule has 0 N–H and O–H groups in total. The summed E-state index contributed by atoms with van der Waals surface area (Å²) >= 11 is 1.74. The van der Waals surface area contributed by atoms with Crippen LogP contribution >= 0.6 is 11.8 Å². The molecule has 0 bridgehead atoms. The van der Waals surface area contributed by atoms with Crippen molar-refractivity contribution in [3.8, 4) is 0 Å². The van der Waals surface area contributed by atoms with Gasteiger partial charge in [-0.2, -0.15) is 0 Å². The summed E-state index contributed by atoms with van der Waals surface area (Å²) in [6.07, 6.45) is 1.79. The zero-order valence-electron chi connectivity index (χ0n) is 18.6. The zero-order chi connectivity index (χ0) is 21.5. The summed E-state index contributed by atoms with van der Waals surface area (Å²) in [4.78, 5) is 1.25. The van der Waals surface area contributed by atoms with E-state index >= 15 is 0 Å². The molecule has 29 heavy (non-hydrogen) atoms. The molecular formula is C24H36O4S. The van der Waals surface area contributed by atoms with Crippen LogP contribution in [0.4, 0.5) is 0 Å². The normalized spacial score (nSPS) is 16.1. The van der Waals surface area contributed by atoms with Crippen molar-refractivity contribution in [2.45, 2.75) is 52.1 Å². The molecule has 4 nitrogen and oxygen atoms in total. The van der Waals surface area contributed by atoms with E-state index < -0.39 is 0 Å². The molecule has 0 unspecified atom stereocenters. The fraction of sp³-hybridized carbons (Fsp3) is 0.500. The lowest BCUT2D eigenvalue weighted by atomic mass is 10.1. The molecule has 2 aromatic rings. The molecule has 2 aliphatic heterocycles. The summed E-state index contributed by atoms with van der Waals surface area (Å²) in [5.74, 6) is 0. The van der Waals surface area contributed by atoms with E-state index in [1.807, 2.05) is 58.0 Å². The maximum absolute atomic E-state index is 5.49. The van der Waals surface area contributed by atoms with Crippen molar-refractivity contribution < 1.29 is 18.9 Å². The van der Waals surface area contributed by atoms with E-state index in [0.29, 0.717) is 26.4 Å². The van der Waals surface area contributed by atoms with E-state index in [1.54, 1.807) is 11.8 Å². The molecule has 0 aromatic heterocycles. The predicted molar refractivity (Wildman–Crippen MR) is 121 cm³/mol. The second-order valence-corrected chi connectivity index (χ2v) is 6.66. The van der Waals surface area contributed by atoms with Crippen molar-refractivity contribution in [3.63, 3.8) is 0 Å². The standard InChI is InChI=1S/C11H14O2S.C9H10O2.2C2H6/c1-8-3-4-9(14-2)7-10(8)11-12-5-6-13-11;1-2-4-8(5-3-1)9-10-6-7-11-9;2*1-2/h3-4,7,11H,5-6H2,1-2H3;1-5,9H,6-7H2;2*1-2H3. The van der Waals surface area contributed by atoms with Gasteiger partial charge < -0.3 is 18.9 Å². The van der Waals surface area contributed by atoms with E-state index in [-0.39, 0.29) is 12.6 Å². The van der Waals surface area contributed by atoms with Gasteiger partial charge in [0.25, 0.3) is 0 Å². The fourth-order valence-corrected chi connectivity index (χ4v) is 3.15. The Morgan fingerprint density at radius 3 is 1.76 bits per heavy atom. The first-order chi connectivity index (χ1) is 14.3. The molecule has 2 saturated heterocycles. The molecule has 4 rings (SSSR count). The van der Waals surface area contributed by atoms with Crippen molar-refractivity contribution in [2.75, 3.05) is 32.7 Å². The molecule has 0 aliphatic carbocycles. The lowest BCUT2D eigenvalue weighted by Crippen LogP contribution is -2.00. The number of hydrogen-bond acceptors (Lipinski definition) is 5. The lowest BCUT2D eigenvalue weighted by Gasteiger charge is -2.13. The smallest absolute Gasteiger partial charge is 0.184 e. The van der Waals surface area contributed by atoms with Gasteiger partial charge in [0.05, 0.1) is 26.4 Å². The molecule has 2 aliphatic rings. The molecule has 2 fully saturated rings. The third-order valence-corrected chi connectivity index (χ3v) is 4.78. The lowest BCUT2D eigenvalue weighted by molar-refractivity contribution is -0.0447. The van der Waals surface area contributed by atoms with Crippen LogP contribution in [0.1, 0.15) is 57.0 Å². The number of thioether (sulfide) groups is 1. The third kappa shape index (κ3) is 8.49. The van der Waals surface area contributed by atoms with Crippen LogP contribution in [0.2, 0.25) is 0 Å². The van der Waals surface area contributed by atoms with Crippen LogP contribution in [0.15, 0.2) is 53.4 Å². The number of aryl methyl sites for hydroxylation is 1. The first-order valence-corrected chi connectivity index (χ1v) is 11.7. The molecule has 2 aromatic carbocycles. The van der Waals surface area contributed by atoms with E-state index in [2.05, 4.69) is 31.4 Å². The van der Waals surface area contributed by atoms with E-state index in [9.17, 15) is 0 Å². The number of benzene rings is 2. The van der Waals surface area contributed by atoms with Gasteiger partial charge in [0.15, 0.2) is 12.6 Å². The predicted octanol–water partition coefficient (Wildman–Crippen LogP) is 6.55. The highest BCUT2D eigenvalue weighted by molar-refractivity contribution is 7.98. The van der Waals surface area contributed by atoms with Crippen molar-refractivity contribution in [1.29, 1.82) is 0 Å². The van der Waals surface area contributed by atoms with Crippen LogP contribution in [-0.2, 0) is 18.9 Å². The monoisotopic (exact) mass is 420 g/mol.